The molecule has 7 heteroatoms. The molecule has 0 spiro atoms. The molecule has 3 aromatic carbocycles. The van der Waals surface area contributed by atoms with E-state index in [0.29, 0.717) is 28.3 Å². The summed E-state index contributed by atoms with van der Waals surface area (Å²) >= 11 is 0. The first-order chi connectivity index (χ1) is 14.1. The van der Waals surface area contributed by atoms with Gasteiger partial charge >= 0.3 is 0 Å². The summed E-state index contributed by atoms with van der Waals surface area (Å²) in [4.78, 5) is 16.6. The van der Waals surface area contributed by atoms with Crippen molar-refractivity contribution in [3.8, 4) is 17.2 Å². The third-order valence-electron chi connectivity index (χ3n) is 4.15. The van der Waals surface area contributed by atoms with Gasteiger partial charge in [0, 0.05) is 16.7 Å². The second kappa shape index (κ2) is 8.02. The maximum absolute atomic E-state index is 13.0. The quantitative estimate of drug-likeness (QED) is 0.440. The summed E-state index contributed by atoms with van der Waals surface area (Å²) in [6, 6.07) is 17.6. The fourth-order valence-corrected chi connectivity index (χ4v) is 2.64. The number of aromatic nitrogens is 2. The highest BCUT2D eigenvalue weighted by Crippen LogP contribution is 2.19. The lowest BCUT2D eigenvalue weighted by atomic mass is 10.0. The standard InChI is InChI=1S/C22H14F2N2O3/c23-17-7-1-14(2-8-17)21(27)15-5-11-19(12-6-15)28-13-20-25-22(29-26-20)16-3-9-18(24)10-4-16/h1-12H,13H2. The van der Waals surface area contributed by atoms with Crippen LogP contribution in [0, 0.1) is 11.6 Å². The van der Waals surface area contributed by atoms with E-state index in [1.54, 1.807) is 36.4 Å². The fourth-order valence-electron chi connectivity index (χ4n) is 2.64. The average molecular weight is 392 g/mol. The van der Waals surface area contributed by atoms with E-state index in [2.05, 4.69) is 10.1 Å². The summed E-state index contributed by atoms with van der Waals surface area (Å²) in [5.41, 5.74) is 1.47. The maximum Gasteiger partial charge on any atom is 0.258 e. The molecule has 0 bridgehead atoms. The van der Waals surface area contributed by atoms with Crippen molar-refractivity contribution in [3.05, 3.63) is 101 Å². The summed E-state index contributed by atoms with van der Waals surface area (Å²) in [6.45, 7) is 0.0654. The van der Waals surface area contributed by atoms with Crippen molar-refractivity contribution in [3.63, 3.8) is 0 Å². The van der Waals surface area contributed by atoms with Gasteiger partial charge in [-0.1, -0.05) is 5.16 Å². The number of carbonyl (C=O) groups excluding carboxylic acids is 1. The molecule has 0 radical (unpaired) electrons. The lowest BCUT2D eigenvalue weighted by molar-refractivity contribution is 0.103. The normalized spacial score (nSPS) is 10.7. The van der Waals surface area contributed by atoms with Gasteiger partial charge in [-0.3, -0.25) is 4.79 Å². The Hall–Kier alpha value is -3.87. The molecule has 4 rings (SSSR count). The highest BCUT2D eigenvalue weighted by Gasteiger charge is 2.11. The van der Waals surface area contributed by atoms with Crippen molar-refractivity contribution >= 4 is 5.78 Å². The SMILES string of the molecule is O=C(c1ccc(F)cc1)c1ccc(OCc2noc(-c3ccc(F)cc3)n2)cc1. The minimum absolute atomic E-state index is 0.0654. The molecule has 0 atom stereocenters. The Morgan fingerprint density at radius 2 is 1.38 bits per heavy atom. The molecular weight excluding hydrogens is 378 g/mol. The third-order valence-corrected chi connectivity index (χ3v) is 4.15. The number of ether oxygens (including phenoxy) is 1. The first-order valence-electron chi connectivity index (χ1n) is 8.70. The molecule has 0 aliphatic rings. The van der Waals surface area contributed by atoms with E-state index in [0.717, 1.165) is 0 Å². The topological polar surface area (TPSA) is 65.2 Å². The van der Waals surface area contributed by atoms with Gasteiger partial charge in [0.1, 0.15) is 17.4 Å². The lowest BCUT2D eigenvalue weighted by Gasteiger charge is -2.05. The van der Waals surface area contributed by atoms with E-state index in [4.69, 9.17) is 9.26 Å². The Morgan fingerprint density at radius 3 is 2.00 bits per heavy atom. The Bertz CT molecular complexity index is 1120. The van der Waals surface area contributed by atoms with Gasteiger partial charge < -0.3 is 9.26 Å². The molecule has 0 N–H and O–H groups in total. The van der Waals surface area contributed by atoms with E-state index in [1.807, 2.05) is 0 Å². The minimum atomic E-state index is -0.394. The van der Waals surface area contributed by atoms with E-state index in [-0.39, 0.29) is 24.1 Å². The first kappa shape index (κ1) is 18.5. The van der Waals surface area contributed by atoms with Crippen LogP contribution in [0.3, 0.4) is 0 Å². The Morgan fingerprint density at radius 1 is 0.828 bits per heavy atom. The van der Waals surface area contributed by atoms with Gasteiger partial charge in [-0.15, -0.1) is 0 Å². The zero-order valence-electron chi connectivity index (χ0n) is 15.0. The average Bonchev–Trinajstić information content (AvgIpc) is 3.22. The van der Waals surface area contributed by atoms with Crippen LogP contribution in [0.4, 0.5) is 8.78 Å². The minimum Gasteiger partial charge on any atom is -0.485 e. The molecule has 0 aliphatic carbocycles. The van der Waals surface area contributed by atoms with Crippen molar-refractivity contribution in [2.24, 2.45) is 0 Å². The van der Waals surface area contributed by atoms with E-state index in [1.165, 1.54) is 36.4 Å². The zero-order valence-corrected chi connectivity index (χ0v) is 15.0. The monoisotopic (exact) mass is 392 g/mol. The number of hydrogen-bond acceptors (Lipinski definition) is 5. The van der Waals surface area contributed by atoms with Gasteiger partial charge in [-0.25, -0.2) is 8.78 Å². The van der Waals surface area contributed by atoms with E-state index in [9.17, 15) is 13.6 Å². The van der Waals surface area contributed by atoms with Crippen molar-refractivity contribution in [1.82, 2.24) is 10.1 Å². The summed E-state index contributed by atoms with van der Waals surface area (Å²) in [6.07, 6.45) is 0. The van der Waals surface area contributed by atoms with Crippen LogP contribution in [0.15, 0.2) is 77.3 Å². The molecule has 0 saturated heterocycles. The molecule has 0 aliphatic heterocycles. The Labute approximate surface area is 164 Å². The largest absolute Gasteiger partial charge is 0.485 e. The highest BCUT2D eigenvalue weighted by molar-refractivity contribution is 6.08. The predicted octanol–water partition coefficient (Wildman–Crippen LogP) is 4.82. The smallest absolute Gasteiger partial charge is 0.258 e. The third kappa shape index (κ3) is 4.35. The zero-order chi connectivity index (χ0) is 20.2. The van der Waals surface area contributed by atoms with Crippen LogP contribution in [-0.2, 0) is 6.61 Å². The molecule has 0 amide bonds. The van der Waals surface area contributed by atoms with Crippen LogP contribution < -0.4 is 4.74 Å². The van der Waals surface area contributed by atoms with Gasteiger partial charge in [0.2, 0.25) is 5.82 Å². The van der Waals surface area contributed by atoms with Gasteiger partial charge in [-0.2, -0.15) is 4.98 Å². The second-order valence-corrected chi connectivity index (χ2v) is 6.17. The molecule has 0 unspecified atom stereocenters. The summed E-state index contributed by atoms with van der Waals surface area (Å²) in [7, 11) is 0. The van der Waals surface area contributed by atoms with Crippen LogP contribution in [0.25, 0.3) is 11.5 Å². The van der Waals surface area contributed by atoms with Crippen molar-refractivity contribution in [1.29, 1.82) is 0 Å². The lowest BCUT2D eigenvalue weighted by Crippen LogP contribution is -2.02. The number of carbonyl (C=O) groups is 1. The van der Waals surface area contributed by atoms with Crippen LogP contribution in [0.1, 0.15) is 21.7 Å². The number of hydrogen-bond donors (Lipinski definition) is 0. The Balaban J connectivity index is 1.39. The number of rotatable bonds is 6. The number of benzene rings is 3. The first-order valence-corrected chi connectivity index (χ1v) is 8.70. The predicted molar refractivity (Wildman–Crippen MR) is 100 cm³/mol. The fraction of sp³-hybridized carbons (Fsp3) is 0.0455. The number of nitrogens with zero attached hydrogens (tertiary/aromatic N) is 2. The van der Waals surface area contributed by atoms with E-state index >= 15 is 0 Å². The van der Waals surface area contributed by atoms with Crippen molar-refractivity contribution in [2.75, 3.05) is 0 Å². The molecule has 144 valence electrons. The summed E-state index contributed by atoms with van der Waals surface area (Å²) < 4.78 is 36.7. The summed E-state index contributed by atoms with van der Waals surface area (Å²) in [5, 5.41) is 3.83. The van der Waals surface area contributed by atoms with Crippen LogP contribution in [0.2, 0.25) is 0 Å². The maximum atomic E-state index is 13.0. The molecule has 0 fully saturated rings. The molecule has 0 saturated carbocycles. The molecule has 4 aromatic rings. The van der Waals surface area contributed by atoms with Crippen molar-refractivity contribution in [2.45, 2.75) is 6.61 Å². The van der Waals surface area contributed by atoms with Gasteiger partial charge in [0.25, 0.3) is 5.89 Å². The molecule has 1 aromatic heterocycles. The molecule has 29 heavy (non-hydrogen) atoms. The Kier molecular flexibility index (Phi) is 5.11. The molecular formula is C22H14F2N2O3. The van der Waals surface area contributed by atoms with Crippen LogP contribution in [0.5, 0.6) is 5.75 Å². The summed E-state index contributed by atoms with van der Waals surface area (Å²) in [5.74, 6) is 0.166. The number of halogens is 2. The van der Waals surface area contributed by atoms with Crippen molar-refractivity contribution < 1.29 is 22.8 Å². The van der Waals surface area contributed by atoms with Gasteiger partial charge in [0.15, 0.2) is 12.4 Å². The van der Waals surface area contributed by atoms with Crippen LogP contribution in [-0.4, -0.2) is 15.9 Å². The molecule has 5 nitrogen and oxygen atoms in total. The highest BCUT2D eigenvalue weighted by atomic mass is 19.1. The van der Waals surface area contributed by atoms with E-state index < -0.39 is 5.82 Å². The van der Waals surface area contributed by atoms with Gasteiger partial charge in [0.05, 0.1) is 0 Å². The number of ketones is 1. The van der Waals surface area contributed by atoms with Gasteiger partial charge in [-0.05, 0) is 72.8 Å². The molecule has 1 heterocycles. The second-order valence-electron chi connectivity index (χ2n) is 6.17. The van der Waals surface area contributed by atoms with Crippen LogP contribution >= 0.6 is 0 Å².